The van der Waals surface area contributed by atoms with Crippen molar-refractivity contribution in [1.82, 2.24) is 16.0 Å². The van der Waals surface area contributed by atoms with Crippen LogP contribution in [-0.4, -0.2) is 43.5 Å². The second kappa shape index (κ2) is 14.0. The van der Waals surface area contributed by atoms with Gasteiger partial charge in [-0.1, -0.05) is 43.6 Å². The highest BCUT2D eigenvalue weighted by Gasteiger charge is 2.27. The number of amides is 3. The van der Waals surface area contributed by atoms with E-state index in [0.29, 0.717) is 40.7 Å². The third kappa shape index (κ3) is 10.6. The molecule has 2 aromatic rings. The van der Waals surface area contributed by atoms with Gasteiger partial charge in [0.25, 0.3) is 11.8 Å². The van der Waals surface area contributed by atoms with Crippen LogP contribution in [0.4, 0.5) is 5.69 Å². The van der Waals surface area contributed by atoms with Crippen LogP contribution in [-0.2, 0) is 9.59 Å². The molecule has 0 aliphatic rings. The Balaban J connectivity index is 2.17. The van der Waals surface area contributed by atoms with Crippen LogP contribution in [0, 0.1) is 5.41 Å². The van der Waals surface area contributed by atoms with Gasteiger partial charge in [-0.05, 0) is 56.5 Å². The smallest absolute Gasteiger partial charge is 0.273 e. The molecule has 212 valence electrons. The van der Waals surface area contributed by atoms with Crippen LogP contribution in [0.2, 0.25) is 5.02 Å². The Morgan fingerprint density at radius 3 is 2.26 bits per heavy atom. The Kier molecular flexibility index (Phi) is 11.4. The molecule has 6 N–H and O–H groups in total. The molecule has 0 spiro atoms. The molecule has 0 atom stereocenters. The number of benzene rings is 2. The van der Waals surface area contributed by atoms with Gasteiger partial charge in [-0.3, -0.25) is 14.4 Å². The molecular weight excluding hydrogens is 518 g/mol. The van der Waals surface area contributed by atoms with Crippen LogP contribution in [0.1, 0.15) is 57.8 Å². The summed E-state index contributed by atoms with van der Waals surface area (Å²) in [5, 5.41) is 11.9. The number of nitrogens with two attached hydrogens (primary N) is 1. The number of halogens is 1. The molecule has 2 aromatic carbocycles. The van der Waals surface area contributed by atoms with Gasteiger partial charge in [0.1, 0.15) is 11.4 Å². The molecule has 39 heavy (non-hydrogen) atoms. The summed E-state index contributed by atoms with van der Waals surface area (Å²) >= 11 is 6.08. The molecule has 3 amide bonds. The number of para-hydroxylation sites is 1. The topological polar surface area (TPSA) is 135 Å². The molecule has 0 heterocycles. The fourth-order valence-corrected chi connectivity index (χ4v) is 3.97. The SMILES string of the molecule is CCOc1ccc(Cl)cc1C(=O)NCC(C)(C)CC(=O)N/C(C(=O)Nc1ccccc1)=C(\CC(C)(C)N)NC. The van der Waals surface area contributed by atoms with Gasteiger partial charge < -0.3 is 31.7 Å². The number of rotatable bonds is 13. The summed E-state index contributed by atoms with van der Waals surface area (Å²) in [5.41, 5.74) is 6.43. The molecule has 0 aromatic heterocycles. The minimum atomic E-state index is -0.641. The normalized spacial score (nSPS) is 12.2. The van der Waals surface area contributed by atoms with Gasteiger partial charge >= 0.3 is 0 Å². The summed E-state index contributed by atoms with van der Waals surface area (Å²) in [4.78, 5) is 39.3. The molecule has 10 heteroatoms. The first-order valence-electron chi connectivity index (χ1n) is 12.8. The Labute approximate surface area is 235 Å². The first kappa shape index (κ1) is 31.7. The van der Waals surface area contributed by atoms with E-state index in [1.54, 1.807) is 49.5 Å². The van der Waals surface area contributed by atoms with Crippen LogP contribution < -0.4 is 31.7 Å². The van der Waals surface area contributed by atoms with Crippen molar-refractivity contribution in [2.75, 3.05) is 25.5 Å². The molecule has 2 rings (SSSR count). The molecule has 0 saturated carbocycles. The van der Waals surface area contributed by atoms with E-state index >= 15 is 0 Å². The van der Waals surface area contributed by atoms with Crippen molar-refractivity contribution >= 4 is 35.0 Å². The number of nitrogens with one attached hydrogen (secondary N) is 4. The van der Waals surface area contributed by atoms with Crippen molar-refractivity contribution in [2.24, 2.45) is 11.1 Å². The Morgan fingerprint density at radius 2 is 1.67 bits per heavy atom. The molecule has 9 nitrogen and oxygen atoms in total. The molecule has 0 radical (unpaired) electrons. The van der Waals surface area contributed by atoms with Crippen molar-refractivity contribution in [1.29, 1.82) is 0 Å². The number of hydrogen-bond donors (Lipinski definition) is 5. The van der Waals surface area contributed by atoms with Crippen molar-refractivity contribution in [3.8, 4) is 5.75 Å². The molecule has 0 aliphatic carbocycles. The maximum atomic E-state index is 13.2. The minimum Gasteiger partial charge on any atom is -0.493 e. The number of anilines is 1. The third-order valence-corrected chi connectivity index (χ3v) is 5.85. The number of hydrogen-bond acceptors (Lipinski definition) is 6. The maximum absolute atomic E-state index is 13.2. The second-order valence-corrected chi connectivity index (χ2v) is 11.2. The summed E-state index contributed by atoms with van der Waals surface area (Å²) in [7, 11) is 1.68. The lowest BCUT2D eigenvalue weighted by Crippen LogP contribution is -2.41. The van der Waals surface area contributed by atoms with Crippen LogP contribution >= 0.6 is 11.6 Å². The van der Waals surface area contributed by atoms with Gasteiger partial charge in [-0.15, -0.1) is 0 Å². The highest BCUT2D eigenvalue weighted by atomic mass is 35.5. The maximum Gasteiger partial charge on any atom is 0.273 e. The number of carbonyl (C=O) groups excluding carboxylic acids is 3. The average molecular weight is 558 g/mol. The summed E-state index contributed by atoms with van der Waals surface area (Å²) in [5.74, 6) is -0.789. The van der Waals surface area contributed by atoms with Gasteiger partial charge in [0.15, 0.2) is 0 Å². The minimum absolute atomic E-state index is 0.0340. The van der Waals surface area contributed by atoms with Crippen LogP contribution in [0.25, 0.3) is 0 Å². The highest BCUT2D eigenvalue weighted by molar-refractivity contribution is 6.31. The van der Waals surface area contributed by atoms with Crippen molar-refractivity contribution in [2.45, 2.75) is 53.0 Å². The number of carbonyl (C=O) groups is 3. The van der Waals surface area contributed by atoms with E-state index in [9.17, 15) is 14.4 Å². The van der Waals surface area contributed by atoms with Crippen LogP contribution in [0.3, 0.4) is 0 Å². The Hall–Kier alpha value is -3.56. The van der Waals surface area contributed by atoms with Crippen molar-refractivity contribution in [3.05, 3.63) is 70.5 Å². The fourth-order valence-electron chi connectivity index (χ4n) is 3.80. The van der Waals surface area contributed by atoms with E-state index < -0.39 is 16.9 Å². The predicted molar refractivity (Wildman–Crippen MR) is 156 cm³/mol. The summed E-state index contributed by atoms with van der Waals surface area (Å²) in [6.07, 6.45) is 0.356. The van der Waals surface area contributed by atoms with E-state index in [0.717, 1.165) is 0 Å². The molecule has 0 bridgehead atoms. The fraction of sp³-hybridized carbons (Fsp3) is 0.414. The molecular formula is C29H40ClN5O4. The summed E-state index contributed by atoms with van der Waals surface area (Å²) < 4.78 is 5.54. The van der Waals surface area contributed by atoms with Gasteiger partial charge in [0.2, 0.25) is 5.91 Å². The molecule has 0 unspecified atom stereocenters. The second-order valence-electron chi connectivity index (χ2n) is 10.7. The predicted octanol–water partition coefficient (Wildman–Crippen LogP) is 4.20. The van der Waals surface area contributed by atoms with Crippen molar-refractivity contribution in [3.63, 3.8) is 0 Å². The average Bonchev–Trinajstić information content (AvgIpc) is 2.85. The monoisotopic (exact) mass is 557 g/mol. The zero-order valence-corrected chi connectivity index (χ0v) is 24.3. The van der Waals surface area contributed by atoms with Gasteiger partial charge in [0.05, 0.1) is 12.2 Å². The van der Waals surface area contributed by atoms with Gasteiger partial charge in [-0.2, -0.15) is 0 Å². The summed E-state index contributed by atoms with van der Waals surface area (Å²) in [6.45, 7) is 9.80. The standard InChI is InChI=1S/C29H40ClN5O4/c1-7-39-23-14-13-19(30)15-21(23)26(37)33-18-28(2,3)17-24(36)35-25(22(32-6)16-29(4,5)31)27(38)34-20-11-9-8-10-12-20/h8-15,32H,7,16-18,31H2,1-6H3,(H,33,37)(H,34,38)(H,35,36)/b25-22+. The molecule has 0 saturated heterocycles. The van der Waals surface area contributed by atoms with E-state index in [2.05, 4.69) is 21.3 Å². The molecule has 0 aliphatic heterocycles. The van der Waals surface area contributed by atoms with E-state index in [1.165, 1.54) is 0 Å². The van der Waals surface area contributed by atoms with Crippen LogP contribution in [0.5, 0.6) is 5.75 Å². The van der Waals surface area contributed by atoms with E-state index in [-0.39, 0.29) is 30.5 Å². The largest absolute Gasteiger partial charge is 0.493 e. The van der Waals surface area contributed by atoms with Gasteiger partial charge in [0, 0.05) is 48.4 Å². The van der Waals surface area contributed by atoms with Crippen LogP contribution in [0.15, 0.2) is 59.9 Å². The summed E-state index contributed by atoms with van der Waals surface area (Å²) in [6, 6.07) is 13.8. The first-order valence-corrected chi connectivity index (χ1v) is 13.2. The van der Waals surface area contributed by atoms with E-state index in [4.69, 9.17) is 22.1 Å². The highest BCUT2D eigenvalue weighted by Crippen LogP contribution is 2.25. The lowest BCUT2D eigenvalue weighted by atomic mass is 9.88. The number of ether oxygens (including phenoxy) is 1. The lowest BCUT2D eigenvalue weighted by molar-refractivity contribution is -0.124. The third-order valence-electron chi connectivity index (χ3n) is 5.61. The lowest BCUT2D eigenvalue weighted by Gasteiger charge is -2.26. The zero-order chi connectivity index (χ0) is 29.2. The molecule has 0 fully saturated rings. The van der Waals surface area contributed by atoms with Gasteiger partial charge in [-0.25, -0.2) is 0 Å². The zero-order valence-electron chi connectivity index (χ0n) is 23.5. The Morgan fingerprint density at radius 1 is 1.00 bits per heavy atom. The first-order chi connectivity index (χ1) is 18.2. The Bertz CT molecular complexity index is 1190. The van der Waals surface area contributed by atoms with Crippen molar-refractivity contribution < 1.29 is 19.1 Å². The quantitative estimate of drug-likeness (QED) is 0.234. The van der Waals surface area contributed by atoms with E-state index in [1.807, 2.05) is 40.7 Å².